The van der Waals surface area contributed by atoms with Crippen LogP contribution in [0.4, 0.5) is 0 Å². The number of hydrogen-bond donors (Lipinski definition) is 0. The molecular weight excluding hydrogens is 262 g/mol. The normalized spacial score (nSPS) is 18.4. The Morgan fingerprint density at radius 1 is 1.24 bits per heavy atom. The first-order valence-corrected chi connectivity index (χ1v) is 7.81. The highest BCUT2D eigenvalue weighted by molar-refractivity contribution is 6.02. The summed E-state index contributed by atoms with van der Waals surface area (Å²) in [6.07, 6.45) is 2.77. The third-order valence-corrected chi connectivity index (χ3v) is 4.28. The van der Waals surface area contributed by atoms with E-state index in [0.717, 1.165) is 36.1 Å². The quantitative estimate of drug-likeness (QED) is 0.778. The molecule has 1 amide bonds. The van der Waals surface area contributed by atoms with E-state index in [-0.39, 0.29) is 18.2 Å². The predicted octanol–water partition coefficient (Wildman–Crippen LogP) is 3.44. The van der Waals surface area contributed by atoms with Crippen LogP contribution in [0.3, 0.4) is 0 Å². The third kappa shape index (κ3) is 3.52. The van der Waals surface area contributed by atoms with E-state index in [1.807, 2.05) is 32.9 Å². The average molecular weight is 287 g/mol. The largest absolute Gasteiger partial charge is 0.335 e. The first-order chi connectivity index (χ1) is 9.92. The lowest BCUT2D eigenvalue weighted by atomic mass is 9.96. The van der Waals surface area contributed by atoms with E-state index >= 15 is 0 Å². The van der Waals surface area contributed by atoms with Crippen molar-refractivity contribution in [3.8, 4) is 0 Å². The number of rotatable bonds is 5. The first-order valence-electron chi connectivity index (χ1n) is 7.81. The molecule has 3 nitrogen and oxygen atoms in total. The van der Waals surface area contributed by atoms with E-state index in [0.29, 0.717) is 12.3 Å². The van der Waals surface area contributed by atoms with Crippen LogP contribution in [-0.4, -0.2) is 29.7 Å². The Labute approximate surface area is 127 Å². The van der Waals surface area contributed by atoms with Gasteiger partial charge in [0, 0.05) is 18.5 Å². The van der Waals surface area contributed by atoms with Gasteiger partial charge in [-0.3, -0.25) is 9.59 Å². The first kappa shape index (κ1) is 15.7. The SMILES string of the molecule is CCCC1CC(=O)N(CC(=O)c2c(C)cc(C)cc2C)C1. The van der Waals surface area contributed by atoms with Crippen molar-refractivity contribution < 1.29 is 9.59 Å². The van der Waals surface area contributed by atoms with Crippen molar-refractivity contribution >= 4 is 11.7 Å². The fraction of sp³-hybridized carbons (Fsp3) is 0.556. The summed E-state index contributed by atoms with van der Waals surface area (Å²) >= 11 is 0. The summed E-state index contributed by atoms with van der Waals surface area (Å²) in [6.45, 7) is 9.08. The van der Waals surface area contributed by atoms with Gasteiger partial charge in [-0.15, -0.1) is 0 Å². The second-order valence-electron chi connectivity index (χ2n) is 6.33. The number of benzene rings is 1. The Balaban J connectivity index is 2.11. The van der Waals surface area contributed by atoms with Gasteiger partial charge in [0.25, 0.3) is 0 Å². The number of carbonyl (C=O) groups excluding carboxylic acids is 2. The maximum Gasteiger partial charge on any atom is 0.223 e. The summed E-state index contributed by atoms with van der Waals surface area (Å²) < 4.78 is 0. The maximum atomic E-state index is 12.6. The highest BCUT2D eigenvalue weighted by Crippen LogP contribution is 2.23. The summed E-state index contributed by atoms with van der Waals surface area (Å²) in [5.74, 6) is 0.621. The minimum atomic E-state index is 0.0653. The zero-order valence-electron chi connectivity index (χ0n) is 13.5. The lowest BCUT2D eigenvalue weighted by molar-refractivity contribution is -0.127. The van der Waals surface area contributed by atoms with E-state index < -0.39 is 0 Å². The average Bonchev–Trinajstić information content (AvgIpc) is 2.68. The highest BCUT2D eigenvalue weighted by atomic mass is 16.2. The van der Waals surface area contributed by atoms with Crippen LogP contribution >= 0.6 is 0 Å². The smallest absolute Gasteiger partial charge is 0.223 e. The van der Waals surface area contributed by atoms with Crippen molar-refractivity contribution in [1.82, 2.24) is 4.90 Å². The van der Waals surface area contributed by atoms with Crippen LogP contribution in [-0.2, 0) is 4.79 Å². The molecule has 0 spiro atoms. The molecular formula is C18H25NO2. The topological polar surface area (TPSA) is 37.4 Å². The molecule has 1 aliphatic rings. The molecule has 1 unspecified atom stereocenters. The third-order valence-electron chi connectivity index (χ3n) is 4.28. The van der Waals surface area contributed by atoms with Crippen molar-refractivity contribution in [3.05, 3.63) is 34.4 Å². The summed E-state index contributed by atoms with van der Waals surface area (Å²) in [4.78, 5) is 26.3. The fourth-order valence-corrected chi connectivity index (χ4v) is 3.48. The number of amides is 1. The second-order valence-corrected chi connectivity index (χ2v) is 6.33. The van der Waals surface area contributed by atoms with Gasteiger partial charge < -0.3 is 4.90 Å². The van der Waals surface area contributed by atoms with Gasteiger partial charge >= 0.3 is 0 Å². The number of Topliss-reactive ketones (excluding diaryl/α,β-unsaturated/α-hetero) is 1. The minimum Gasteiger partial charge on any atom is -0.335 e. The van der Waals surface area contributed by atoms with Crippen LogP contribution in [0, 0.1) is 26.7 Å². The van der Waals surface area contributed by atoms with E-state index in [1.165, 1.54) is 5.56 Å². The Morgan fingerprint density at radius 2 is 1.86 bits per heavy atom. The molecule has 114 valence electrons. The number of carbonyl (C=O) groups is 2. The second kappa shape index (κ2) is 6.42. The molecule has 3 heteroatoms. The molecule has 0 N–H and O–H groups in total. The van der Waals surface area contributed by atoms with Crippen molar-refractivity contribution in [2.45, 2.75) is 47.0 Å². The molecule has 1 fully saturated rings. The van der Waals surface area contributed by atoms with E-state index in [4.69, 9.17) is 0 Å². The maximum absolute atomic E-state index is 12.6. The molecule has 0 saturated carbocycles. The van der Waals surface area contributed by atoms with Gasteiger partial charge in [0.05, 0.1) is 6.54 Å². The van der Waals surface area contributed by atoms with Gasteiger partial charge in [0.1, 0.15) is 0 Å². The van der Waals surface area contributed by atoms with Crippen LogP contribution in [0.25, 0.3) is 0 Å². The number of hydrogen-bond acceptors (Lipinski definition) is 2. The van der Waals surface area contributed by atoms with Gasteiger partial charge in [0.2, 0.25) is 5.91 Å². The van der Waals surface area contributed by atoms with Gasteiger partial charge in [-0.25, -0.2) is 0 Å². The Bertz CT molecular complexity index is 539. The minimum absolute atomic E-state index is 0.0653. The lowest BCUT2D eigenvalue weighted by Crippen LogP contribution is -2.32. The zero-order valence-corrected chi connectivity index (χ0v) is 13.5. The van der Waals surface area contributed by atoms with Crippen LogP contribution in [0.1, 0.15) is 53.2 Å². The molecule has 0 aromatic heterocycles. The molecule has 0 radical (unpaired) electrons. The number of likely N-dealkylation sites (tertiary alicyclic amines) is 1. The van der Waals surface area contributed by atoms with Gasteiger partial charge in [-0.1, -0.05) is 31.0 Å². The predicted molar refractivity (Wildman–Crippen MR) is 84.6 cm³/mol. The zero-order chi connectivity index (χ0) is 15.6. The van der Waals surface area contributed by atoms with Crippen LogP contribution in [0.2, 0.25) is 0 Å². The lowest BCUT2D eigenvalue weighted by Gasteiger charge is -2.18. The highest BCUT2D eigenvalue weighted by Gasteiger charge is 2.30. The Morgan fingerprint density at radius 3 is 2.43 bits per heavy atom. The summed E-state index contributed by atoms with van der Waals surface area (Å²) in [5, 5.41) is 0. The van der Waals surface area contributed by atoms with Gasteiger partial charge in [-0.2, -0.15) is 0 Å². The van der Waals surface area contributed by atoms with Crippen LogP contribution < -0.4 is 0 Å². The van der Waals surface area contributed by atoms with Crippen LogP contribution in [0.5, 0.6) is 0 Å². The molecule has 1 saturated heterocycles. The van der Waals surface area contributed by atoms with Gasteiger partial charge in [-0.05, 0) is 44.2 Å². The molecule has 0 bridgehead atoms. The van der Waals surface area contributed by atoms with E-state index in [2.05, 4.69) is 6.92 Å². The molecule has 2 rings (SSSR count). The molecule has 21 heavy (non-hydrogen) atoms. The summed E-state index contributed by atoms with van der Waals surface area (Å²) in [7, 11) is 0. The fourth-order valence-electron chi connectivity index (χ4n) is 3.48. The standard InChI is InChI=1S/C18H25NO2/c1-5-6-15-9-17(21)19(10-15)11-16(20)18-13(3)7-12(2)8-14(18)4/h7-8,15H,5-6,9-11H2,1-4H3. The van der Waals surface area contributed by atoms with E-state index in [1.54, 1.807) is 4.90 Å². The summed E-state index contributed by atoms with van der Waals surface area (Å²) in [5.41, 5.74) is 3.97. The molecule has 1 heterocycles. The summed E-state index contributed by atoms with van der Waals surface area (Å²) in [6, 6.07) is 4.07. The van der Waals surface area contributed by atoms with Crippen molar-refractivity contribution in [2.24, 2.45) is 5.92 Å². The molecule has 1 aromatic rings. The van der Waals surface area contributed by atoms with Crippen LogP contribution in [0.15, 0.2) is 12.1 Å². The number of nitrogens with zero attached hydrogens (tertiary/aromatic N) is 1. The van der Waals surface area contributed by atoms with Crippen molar-refractivity contribution in [1.29, 1.82) is 0 Å². The monoisotopic (exact) mass is 287 g/mol. The number of ketones is 1. The molecule has 1 aromatic carbocycles. The van der Waals surface area contributed by atoms with E-state index in [9.17, 15) is 9.59 Å². The van der Waals surface area contributed by atoms with Crippen molar-refractivity contribution in [2.75, 3.05) is 13.1 Å². The molecule has 1 atom stereocenters. The van der Waals surface area contributed by atoms with Gasteiger partial charge in [0.15, 0.2) is 5.78 Å². The molecule has 1 aliphatic heterocycles. The Hall–Kier alpha value is -1.64. The Kier molecular flexibility index (Phi) is 4.81. The molecule has 0 aliphatic carbocycles. The number of aryl methyl sites for hydroxylation is 3. The van der Waals surface area contributed by atoms with Crippen molar-refractivity contribution in [3.63, 3.8) is 0 Å².